The van der Waals surface area contributed by atoms with E-state index >= 15 is 0 Å². The summed E-state index contributed by atoms with van der Waals surface area (Å²) in [5, 5.41) is 4.08. The highest BCUT2D eigenvalue weighted by molar-refractivity contribution is 5.59. The van der Waals surface area contributed by atoms with Crippen LogP contribution in [0.15, 0.2) is 70.1 Å². The predicted octanol–water partition coefficient (Wildman–Crippen LogP) is 4.54. The molecule has 5 heteroatoms. The molecule has 2 heterocycles. The Kier molecular flexibility index (Phi) is 4.65. The van der Waals surface area contributed by atoms with E-state index in [0.29, 0.717) is 18.3 Å². The minimum absolute atomic E-state index is 0.0667. The molecule has 0 saturated carbocycles. The zero-order valence-electron chi connectivity index (χ0n) is 16.1. The molecule has 0 spiro atoms. The number of aryl methyl sites for hydroxylation is 3. The van der Waals surface area contributed by atoms with Crippen molar-refractivity contribution in [1.82, 2.24) is 14.7 Å². The summed E-state index contributed by atoms with van der Waals surface area (Å²) in [5.41, 5.74) is 6.16. The Balaban J connectivity index is 1.66. The van der Waals surface area contributed by atoms with Crippen molar-refractivity contribution in [1.29, 1.82) is 0 Å². The first-order valence-corrected chi connectivity index (χ1v) is 9.17. The van der Waals surface area contributed by atoms with Gasteiger partial charge in [-0.25, -0.2) is 0 Å². The molecule has 4 rings (SSSR count). The Morgan fingerprint density at radius 2 is 1.61 bits per heavy atom. The van der Waals surface area contributed by atoms with Crippen molar-refractivity contribution < 1.29 is 4.52 Å². The molecule has 2 aromatic carbocycles. The minimum atomic E-state index is -0.0667. The Hall–Kier alpha value is -3.47. The summed E-state index contributed by atoms with van der Waals surface area (Å²) in [6.45, 7) is 6.63. The zero-order valence-corrected chi connectivity index (χ0v) is 16.1. The Labute approximate surface area is 163 Å². The average Bonchev–Trinajstić information content (AvgIpc) is 3.17. The van der Waals surface area contributed by atoms with Crippen LogP contribution in [0.1, 0.15) is 22.3 Å². The fraction of sp³-hybridized carbons (Fsp3) is 0.174. The minimum Gasteiger partial charge on any atom is -0.334 e. The van der Waals surface area contributed by atoms with E-state index in [4.69, 9.17) is 4.52 Å². The smallest absolute Gasteiger partial charge is 0.259 e. The van der Waals surface area contributed by atoms with Gasteiger partial charge in [-0.05, 0) is 38.0 Å². The number of hydrogen-bond acceptors (Lipinski definition) is 4. The monoisotopic (exact) mass is 371 g/mol. The SMILES string of the molecule is Cc1ccc(-c2noc(-c3ccc(=O)n(Cc4cc(C)ccc4C)c3)n2)cc1. The first kappa shape index (κ1) is 17.9. The molecule has 0 saturated heterocycles. The van der Waals surface area contributed by atoms with E-state index in [-0.39, 0.29) is 5.56 Å². The summed E-state index contributed by atoms with van der Waals surface area (Å²) in [6, 6.07) is 17.5. The fourth-order valence-electron chi connectivity index (χ4n) is 3.10. The molecular formula is C23H21N3O2. The lowest BCUT2D eigenvalue weighted by molar-refractivity contribution is 0.432. The van der Waals surface area contributed by atoms with Crippen molar-refractivity contribution in [2.24, 2.45) is 0 Å². The third kappa shape index (κ3) is 3.64. The van der Waals surface area contributed by atoms with Crippen LogP contribution in [0.3, 0.4) is 0 Å². The van der Waals surface area contributed by atoms with Gasteiger partial charge in [0.2, 0.25) is 5.82 Å². The van der Waals surface area contributed by atoms with Crippen LogP contribution in [0, 0.1) is 20.8 Å². The Bertz CT molecular complexity index is 1190. The number of hydrogen-bond donors (Lipinski definition) is 0. The van der Waals surface area contributed by atoms with Gasteiger partial charge in [0.15, 0.2) is 0 Å². The molecule has 5 nitrogen and oxygen atoms in total. The lowest BCUT2D eigenvalue weighted by atomic mass is 10.1. The lowest BCUT2D eigenvalue weighted by Crippen LogP contribution is -2.19. The van der Waals surface area contributed by atoms with E-state index in [1.165, 1.54) is 17.2 Å². The molecule has 0 atom stereocenters. The van der Waals surface area contributed by atoms with Crippen LogP contribution in [-0.2, 0) is 6.54 Å². The van der Waals surface area contributed by atoms with Crippen molar-refractivity contribution in [3.05, 3.63) is 93.4 Å². The molecule has 0 radical (unpaired) electrons. The zero-order chi connectivity index (χ0) is 19.7. The first-order chi connectivity index (χ1) is 13.5. The third-order valence-corrected chi connectivity index (χ3v) is 4.81. The normalized spacial score (nSPS) is 11.0. The molecule has 0 unspecified atom stereocenters. The van der Waals surface area contributed by atoms with Crippen LogP contribution < -0.4 is 5.56 Å². The van der Waals surface area contributed by atoms with E-state index in [0.717, 1.165) is 22.3 Å². The van der Waals surface area contributed by atoms with Crippen molar-refractivity contribution in [3.63, 3.8) is 0 Å². The Morgan fingerprint density at radius 3 is 2.39 bits per heavy atom. The van der Waals surface area contributed by atoms with Crippen LogP contribution in [0.25, 0.3) is 22.8 Å². The number of nitrogens with zero attached hydrogens (tertiary/aromatic N) is 3. The summed E-state index contributed by atoms with van der Waals surface area (Å²) in [5.74, 6) is 0.924. The maximum absolute atomic E-state index is 12.4. The fourth-order valence-corrected chi connectivity index (χ4v) is 3.10. The van der Waals surface area contributed by atoms with Gasteiger partial charge in [-0.3, -0.25) is 4.79 Å². The molecule has 0 amide bonds. The van der Waals surface area contributed by atoms with Crippen molar-refractivity contribution in [2.45, 2.75) is 27.3 Å². The van der Waals surface area contributed by atoms with Crippen molar-refractivity contribution in [3.8, 4) is 22.8 Å². The number of benzene rings is 2. The predicted molar refractivity (Wildman–Crippen MR) is 109 cm³/mol. The van der Waals surface area contributed by atoms with Crippen LogP contribution in [-0.4, -0.2) is 14.7 Å². The van der Waals surface area contributed by atoms with Crippen molar-refractivity contribution in [2.75, 3.05) is 0 Å². The lowest BCUT2D eigenvalue weighted by Gasteiger charge is -2.10. The van der Waals surface area contributed by atoms with Gasteiger partial charge in [-0.15, -0.1) is 0 Å². The molecule has 0 aliphatic heterocycles. The van der Waals surface area contributed by atoms with E-state index in [2.05, 4.69) is 35.3 Å². The quantitative estimate of drug-likeness (QED) is 0.528. The molecule has 2 aromatic heterocycles. The molecule has 4 aromatic rings. The van der Waals surface area contributed by atoms with Crippen LogP contribution in [0.2, 0.25) is 0 Å². The van der Waals surface area contributed by atoms with E-state index < -0.39 is 0 Å². The molecule has 0 aliphatic carbocycles. The number of aromatic nitrogens is 3. The summed E-state index contributed by atoms with van der Waals surface area (Å²) in [7, 11) is 0. The summed E-state index contributed by atoms with van der Waals surface area (Å²) in [6.07, 6.45) is 1.77. The second-order valence-corrected chi connectivity index (χ2v) is 7.10. The van der Waals surface area contributed by atoms with Gasteiger partial charge in [0.05, 0.1) is 12.1 Å². The average molecular weight is 371 g/mol. The molecule has 0 N–H and O–H groups in total. The highest BCUT2D eigenvalue weighted by Crippen LogP contribution is 2.22. The van der Waals surface area contributed by atoms with Crippen molar-refractivity contribution >= 4 is 0 Å². The molecule has 0 aliphatic rings. The van der Waals surface area contributed by atoms with Gasteiger partial charge in [0.25, 0.3) is 11.4 Å². The van der Waals surface area contributed by atoms with E-state index in [1.54, 1.807) is 16.8 Å². The van der Waals surface area contributed by atoms with Gasteiger partial charge in [0, 0.05) is 17.8 Å². The number of rotatable bonds is 4. The topological polar surface area (TPSA) is 60.9 Å². The highest BCUT2D eigenvalue weighted by atomic mass is 16.5. The third-order valence-electron chi connectivity index (χ3n) is 4.81. The number of pyridine rings is 1. The second-order valence-electron chi connectivity index (χ2n) is 7.10. The van der Waals surface area contributed by atoms with Gasteiger partial charge in [-0.1, -0.05) is 58.7 Å². The maximum Gasteiger partial charge on any atom is 0.259 e. The highest BCUT2D eigenvalue weighted by Gasteiger charge is 2.12. The van der Waals surface area contributed by atoms with Crippen LogP contribution in [0.4, 0.5) is 0 Å². The van der Waals surface area contributed by atoms with Gasteiger partial charge in [-0.2, -0.15) is 4.98 Å². The molecular weight excluding hydrogens is 350 g/mol. The van der Waals surface area contributed by atoms with Crippen LogP contribution >= 0.6 is 0 Å². The van der Waals surface area contributed by atoms with Gasteiger partial charge < -0.3 is 9.09 Å². The first-order valence-electron chi connectivity index (χ1n) is 9.17. The second kappa shape index (κ2) is 7.27. The largest absolute Gasteiger partial charge is 0.334 e. The summed E-state index contributed by atoms with van der Waals surface area (Å²) < 4.78 is 7.12. The molecule has 0 bridgehead atoms. The van der Waals surface area contributed by atoms with E-state index in [9.17, 15) is 4.79 Å². The molecule has 140 valence electrons. The molecule has 0 fully saturated rings. The van der Waals surface area contributed by atoms with Crippen LogP contribution in [0.5, 0.6) is 0 Å². The van der Waals surface area contributed by atoms with Gasteiger partial charge >= 0.3 is 0 Å². The summed E-state index contributed by atoms with van der Waals surface area (Å²) >= 11 is 0. The summed E-state index contributed by atoms with van der Waals surface area (Å²) in [4.78, 5) is 16.9. The Morgan fingerprint density at radius 1 is 0.893 bits per heavy atom. The molecule has 28 heavy (non-hydrogen) atoms. The van der Waals surface area contributed by atoms with E-state index in [1.807, 2.05) is 38.1 Å². The standard InChI is InChI=1S/C23H21N3O2/c1-15-5-8-18(9-6-15)22-24-23(28-25-22)19-10-11-21(27)26(13-19)14-20-12-16(2)4-7-17(20)3/h4-13H,14H2,1-3H3. The van der Waals surface area contributed by atoms with Gasteiger partial charge in [0.1, 0.15) is 0 Å². The maximum atomic E-state index is 12.4.